The second-order valence-corrected chi connectivity index (χ2v) is 8.38. The molecule has 7 nitrogen and oxygen atoms in total. The van der Waals surface area contributed by atoms with E-state index in [1.807, 2.05) is 36.4 Å². The first kappa shape index (κ1) is 23.1. The molecule has 0 saturated heterocycles. The van der Waals surface area contributed by atoms with Gasteiger partial charge in [0.15, 0.2) is 0 Å². The zero-order chi connectivity index (χ0) is 24.1. The molecule has 0 fully saturated rings. The van der Waals surface area contributed by atoms with Crippen LogP contribution in [0, 0.1) is 11.8 Å². The SMILES string of the molecule is O=C(C#CCNC(=O)OCC1c2ccccc2-c2ccccc21)Nc1cc(Br)cc(C(=O)O)c1. The Bertz CT molecular complexity index is 1300. The lowest BCUT2D eigenvalue weighted by molar-refractivity contribution is -0.111. The van der Waals surface area contributed by atoms with E-state index in [0.29, 0.717) is 4.47 Å². The second kappa shape index (κ2) is 10.2. The predicted octanol–water partition coefficient (Wildman–Crippen LogP) is 4.63. The zero-order valence-electron chi connectivity index (χ0n) is 17.8. The van der Waals surface area contributed by atoms with Gasteiger partial charge in [-0.05, 0) is 46.4 Å². The number of hydrogen-bond acceptors (Lipinski definition) is 4. The zero-order valence-corrected chi connectivity index (χ0v) is 19.4. The number of ether oxygens (including phenoxy) is 1. The minimum Gasteiger partial charge on any atom is -0.478 e. The molecule has 0 aromatic heterocycles. The number of benzene rings is 3. The number of hydrogen-bond donors (Lipinski definition) is 3. The fraction of sp³-hybridized carbons (Fsp3) is 0.115. The number of carbonyl (C=O) groups excluding carboxylic acids is 2. The number of fused-ring (bicyclic) bond motifs is 3. The highest BCUT2D eigenvalue weighted by Gasteiger charge is 2.28. The molecule has 170 valence electrons. The summed E-state index contributed by atoms with van der Waals surface area (Å²) in [7, 11) is 0. The van der Waals surface area contributed by atoms with Gasteiger partial charge in [-0.1, -0.05) is 70.4 Å². The van der Waals surface area contributed by atoms with Crippen molar-refractivity contribution in [1.29, 1.82) is 0 Å². The minimum atomic E-state index is -1.12. The highest BCUT2D eigenvalue weighted by atomic mass is 79.9. The molecular formula is C26H19BrN2O5. The summed E-state index contributed by atoms with van der Waals surface area (Å²) in [5.74, 6) is 3.09. The summed E-state index contributed by atoms with van der Waals surface area (Å²) in [6.45, 7) is 0.103. The van der Waals surface area contributed by atoms with Gasteiger partial charge in [0.2, 0.25) is 0 Å². The van der Waals surface area contributed by atoms with E-state index in [1.165, 1.54) is 12.1 Å². The lowest BCUT2D eigenvalue weighted by atomic mass is 9.98. The lowest BCUT2D eigenvalue weighted by Crippen LogP contribution is -2.26. The number of carboxylic acids is 1. The van der Waals surface area contributed by atoms with Gasteiger partial charge in [-0.2, -0.15) is 0 Å². The van der Waals surface area contributed by atoms with Gasteiger partial charge < -0.3 is 20.5 Å². The van der Waals surface area contributed by atoms with Crippen molar-refractivity contribution in [2.75, 3.05) is 18.5 Å². The molecule has 4 rings (SSSR count). The molecule has 1 aliphatic rings. The quantitative estimate of drug-likeness (QED) is 0.427. The molecule has 3 aromatic carbocycles. The summed E-state index contributed by atoms with van der Waals surface area (Å²) < 4.78 is 5.92. The van der Waals surface area contributed by atoms with Crippen LogP contribution in [0.3, 0.4) is 0 Å². The van der Waals surface area contributed by atoms with E-state index >= 15 is 0 Å². The Kier molecular flexibility index (Phi) is 6.95. The summed E-state index contributed by atoms with van der Waals surface area (Å²) >= 11 is 3.20. The maximum Gasteiger partial charge on any atom is 0.407 e. The fourth-order valence-electron chi connectivity index (χ4n) is 3.84. The Balaban J connectivity index is 1.28. The minimum absolute atomic E-state index is 0.0227. The Labute approximate surface area is 204 Å². The van der Waals surface area contributed by atoms with Crippen LogP contribution in [0.2, 0.25) is 0 Å². The Morgan fingerprint density at radius 3 is 2.26 bits per heavy atom. The normalized spacial score (nSPS) is 11.4. The molecule has 0 spiro atoms. The van der Waals surface area contributed by atoms with Crippen LogP contribution in [-0.4, -0.2) is 36.2 Å². The largest absolute Gasteiger partial charge is 0.478 e. The third kappa shape index (κ3) is 5.27. The van der Waals surface area contributed by atoms with Gasteiger partial charge in [0.05, 0.1) is 12.1 Å². The molecule has 8 heteroatoms. The summed E-state index contributed by atoms with van der Waals surface area (Å²) in [5, 5.41) is 14.1. The van der Waals surface area contributed by atoms with Gasteiger partial charge in [0.1, 0.15) is 6.61 Å². The van der Waals surface area contributed by atoms with Crippen LogP contribution >= 0.6 is 15.9 Å². The fourth-order valence-corrected chi connectivity index (χ4v) is 4.33. The molecule has 3 N–H and O–H groups in total. The highest BCUT2D eigenvalue weighted by molar-refractivity contribution is 9.10. The number of nitrogens with one attached hydrogen (secondary N) is 2. The van der Waals surface area contributed by atoms with Crippen LogP contribution in [-0.2, 0) is 9.53 Å². The van der Waals surface area contributed by atoms with Crippen molar-refractivity contribution in [2.45, 2.75) is 5.92 Å². The average Bonchev–Trinajstić information content (AvgIpc) is 3.14. The van der Waals surface area contributed by atoms with E-state index < -0.39 is 18.0 Å². The standard InChI is InChI=1S/C26H19BrN2O5/c27-17-12-16(25(31)32)13-18(14-17)29-24(30)10-5-11-28-26(33)34-15-23-21-8-3-1-6-19(21)20-7-2-4-9-22(20)23/h1-4,6-9,12-14,23H,11,15H2,(H,28,33)(H,29,30)(H,31,32). The van der Waals surface area contributed by atoms with Gasteiger partial charge in [0, 0.05) is 16.1 Å². The van der Waals surface area contributed by atoms with Crippen LogP contribution in [0.4, 0.5) is 10.5 Å². The molecule has 0 radical (unpaired) electrons. The van der Waals surface area contributed by atoms with Crippen LogP contribution in [0.15, 0.2) is 71.2 Å². The number of anilines is 1. The maximum atomic E-state index is 12.1. The number of aromatic carboxylic acids is 1. The van der Waals surface area contributed by atoms with E-state index in [9.17, 15) is 14.4 Å². The molecule has 34 heavy (non-hydrogen) atoms. The highest BCUT2D eigenvalue weighted by Crippen LogP contribution is 2.44. The number of carboxylic acid groups (broad SMARTS) is 1. The molecule has 0 bridgehead atoms. The molecule has 1 aliphatic carbocycles. The first-order valence-electron chi connectivity index (χ1n) is 10.3. The molecular weight excluding hydrogens is 500 g/mol. The third-order valence-electron chi connectivity index (χ3n) is 5.27. The van der Waals surface area contributed by atoms with Crippen molar-refractivity contribution in [3.05, 3.63) is 87.9 Å². The first-order valence-corrected chi connectivity index (χ1v) is 11.1. The van der Waals surface area contributed by atoms with E-state index in [0.717, 1.165) is 22.3 Å². The molecule has 0 heterocycles. The van der Waals surface area contributed by atoms with Gasteiger partial charge in [-0.25, -0.2) is 9.59 Å². The van der Waals surface area contributed by atoms with Gasteiger partial charge >= 0.3 is 12.1 Å². The van der Waals surface area contributed by atoms with Crippen molar-refractivity contribution in [3.8, 4) is 23.0 Å². The topological polar surface area (TPSA) is 105 Å². The van der Waals surface area contributed by atoms with Crippen LogP contribution in [0.1, 0.15) is 27.4 Å². The van der Waals surface area contributed by atoms with Crippen LogP contribution in [0.25, 0.3) is 11.1 Å². The summed E-state index contributed by atoms with van der Waals surface area (Å²) in [5.41, 5.74) is 4.83. The van der Waals surface area contributed by atoms with E-state index in [2.05, 4.69) is 50.5 Å². The number of rotatable bonds is 5. The first-order chi connectivity index (χ1) is 16.4. The molecule has 0 aliphatic heterocycles. The Hall–Kier alpha value is -4.09. The van der Waals surface area contributed by atoms with E-state index in [4.69, 9.17) is 9.84 Å². The predicted molar refractivity (Wildman–Crippen MR) is 131 cm³/mol. The third-order valence-corrected chi connectivity index (χ3v) is 5.73. The molecule has 0 atom stereocenters. The second-order valence-electron chi connectivity index (χ2n) is 7.47. The molecule has 0 saturated carbocycles. The molecule has 0 unspecified atom stereocenters. The van der Waals surface area contributed by atoms with Crippen molar-refractivity contribution in [2.24, 2.45) is 0 Å². The molecule has 2 amide bonds. The van der Waals surface area contributed by atoms with Gasteiger partial charge in [-0.15, -0.1) is 0 Å². The van der Waals surface area contributed by atoms with Gasteiger partial charge in [0.25, 0.3) is 5.91 Å². The average molecular weight is 519 g/mol. The summed E-state index contributed by atoms with van der Waals surface area (Å²) in [4.78, 5) is 35.2. The van der Waals surface area contributed by atoms with Gasteiger partial charge in [-0.3, -0.25) is 4.79 Å². The number of carbonyl (C=O) groups is 3. The lowest BCUT2D eigenvalue weighted by Gasteiger charge is -2.14. The number of alkyl carbamates (subject to hydrolysis) is 1. The van der Waals surface area contributed by atoms with E-state index in [1.54, 1.807) is 6.07 Å². The van der Waals surface area contributed by atoms with Crippen molar-refractivity contribution in [3.63, 3.8) is 0 Å². The van der Waals surface area contributed by atoms with Crippen molar-refractivity contribution >= 4 is 39.6 Å². The summed E-state index contributed by atoms with van der Waals surface area (Å²) in [6, 6.07) is 20.4. The van der Waals surface area contributed by atoms with Crippen molar-refractivity contribution in [1.82, 2.24) is 5.32 Å². The van der Waals surface area contributed by atoms with Crippen molar-refractivity contribution < 1.29 is 24.2 Å². The Morgan fingerprint density at radius 1 is 0.971 bits per heavy atom. The van der Waals surface area contributed by atoms with E-state index in [-0.39, 0.29) is 30.3 Å². The monoisotopic (exact) mass is 518 g/mol. The smallest absolute Gasteiger partial charge is 0.407 e. The summed E-state index contributed by atoms with van der Waals surface area (Å²) in [6.07, 6.45) is -0.630. The molecule has 3 aromatic rings. The Morgan fingerprint density at radius 2 is 1.62 bits per heavy atom. The maximum absolute atomic E-state index is 12.1. The number of amides is 2. The number of halogens is 1. The van der Waals surface area contributed by atoms with Crippen LogP contribution in [0.5, 0.6) is 0 Å². The van der Waals surface area contributed by atoms with Crippen LogP contribution < -0.4 is 10.6 Å².